The highest BCUT2D eigenvalue weighted by Crippen LogP contribution is 2.33. The number of hydrogen-bond acceptors (Lipinski definition) is 4. The van der Waals surface area contributed by atoms with E-state index in [1.165, 1.54) is 6.42 Å². The monoisotopic (exact) mass is 283 g/mol. The van der Waals surface area contributed by atoms with Gasteiger partial charge in [0.15, 0.2) is 0 Å². The van der Waals surface area contributed by atoms with Crippen LogP contribution in [-0.2, 0) is 10.0 Å². The molecule has 0 unspecified atom stereocenters. The van der Waals surface area contributed by atoms with Gasteiger partial charge in [-0.05, 0) is 37.5 Å². The topological polar surface area (TPSA) is 75.4 Å². The molecule has 6 heteroatoms. The first-order chi connectivity index (χ1) is 8.95. The van der Waals surface area contributed by atoms with Crippen molar-refractivity contribution >= 4 is 21.4 Å². The Morgan fingerprint density at radius 2 is 2.11 bits per heavy atom. The van der Waals surface area contributed by atoms with E-state index in [1.54, 1.807) is 25.1 Å². The molecule has 0 spiro atoms. The molecule has 5 nitrogen and oxygen atoms in total. The molecule has 0 aromatic heterocycles. The fourth-order valence-electron chi connectivity index (χ4n) is 2.24. The van der Waals surface area contributed by atoms with Crippen molar-refractivity contribution < 1.29 is 8.42 Å². The summed E-state index contributed by atoms with van der Waals surface area (Å²) < 4.78 is 26.5. The lowest BCUT2D eigenvalue weighted by Crippen LogP contribution is -2.37. The molecule has 0 atom stereocenters. The maximum atomic E-state index is 12.0. The van der Waals surface area contributed by atoms with Gasteiger partial charge in [-0.25, -0.2) is 13.1 Å². The third-order valence-electron chi connectivity index (χ3n) is 3.65. The van der Waals surface area contributed by atoms with Crippen LogP contribution in [0.1, 0.15) is 26.2 Å². The van der Waals surface area contributed by atoms with Crippen LogP contribution in [-0.4, -0.2) is 28.1 Å². The number of nitrogens with two attached hydrogens (primary N) is 1. The summed E-state index contributed by atoms with van der Waals surface area (Å²) in [5, 5.41) is 0. The smallest absolute Gasteiger partial charge is 0.240 e. The normalized spacial score (nSPS) is 16.1. The summed E-state index contributed by atoms with van der Waals surface area (Å²) in [7, 11) is -1.46. The van der Waals surface area contributed by atoms with Crippen molar-refractivity contribution in [1.82, 2.24) is 4.72 Å². The minimum atomic E-state index is -3.43. The van der Waals surface area contributed by atoms with Crippen molar-refractivity contribution in [3.05, 3.63) is 18.2 Å². The van der Waals surface area contributed by atoms with Crippen molar-refractivity contribution in [2.45, 2.75) is 37.1 Å². The van der Waals surface area contributed by atoms with E-state index < -0.39 is 10.0 Å². The molecule has 1 aromatic carbocycles. The zero-order valence-corrected chi connectivity index (χ0v) is 12.2. The Kier molecular flexibility index (Phi) is 4.01. The molecule has 0 amide bonds. The summed E-state index contributed by atoms with van der Waals surface area (Å²) in [6.45, 7) is 2.14. The van der Waals surface area contributed by atoms with Crippen LogP contribution < -0.4 is 15.4 Å². The highest BCUT2D eigenvalue weighted by Gasteiger charge is 2.24. The Bertz CT molecular complexity index is 553. The number of anilines is 2. The Labute approximate surface area is 114 Å². The Morgan fingerprint density at radius 1 is 1.42 bits per heavy atom. The molecule has 0 saturated heterocycles. The van der Waals surface area contributed by atoms with Crippen LogP contribution in [0.3, 0.4) is 0 Å². The predicted molar refractivity (Wildman–Crippen MR) is 77.8 cm³/mol. The molecule has 1 fully saturated rings. The predicted octanol–water partition coefficient (Wildman–Crippen LogP) is 1.56. The van der Waals surface area contributed by atoms with Crippen molar-refractivity contribution in [3.63, 3.8) is 0 Å². The van der Waals surface area contributed by atoms with E-state index in [0.717, 1.165) is 18.5 Å². The largest absolute Gasteiger partial charge is 0.397 e. The Balaban J connectivity index is 2.34. The molecule has 1 saturated carbocycles. The van der Waals surface area contributed by atoms with Gasteiger partial charge in [-0.2, -0.15) is 0 Å². The first-order valence-corrected chi connectivity index (χ1v) is 8.06. The average Bonchev–Trinajstić information content (AvgIpc) is 2.26. The van der Waals surface area contributed by atoms with E-state index >= 15 is 0 Å². The van der Waals surface area contributed by atoms with Crippen molar-refractivity contribution in [3.8, 4) is 0 Å². The van der Waals surface area contributed by atoms with Gasteiger partial charge in [0.1, 0.15) is 0 Å². The lowest BCUT2D eigenvalue weighted by Gasteiger charge is -2.37. The summed E-state index contributed by atoms with van der Waals surface area (Å²) in [5.74, 6) is 0. The zero-order valence-electron chi connectivity index (χ0n) is 11.4. The van der Waals surface area contributed by atoms with Crippen molar-refractivity contribution in [2.75, 3.05) is 24.2 Å². The van der Waals surface area contributed by atoms with Gasteiger partial charge >= 0.3 is 0 Å². The lowest BCUT2D eigenvalue weighted by atomic mass is 9.91. The van der Waals surface area contributed by atoms with E-state index in [1.807, 2.05) is 7.05 Å². The molecular formula is C13H21N3O2S. The van der Waals surface area contributed by atoms with Crippen LogP contribution in [0, 0.1) is 0 Å². The van der Waals surface area contributed by atoms with E-state index in [-0.39, 0.29) is 4.90 Å². The molecule has 0 bridgehead atoms. The fraction of sp³-hybridized carbons (Fsp3) is 0.538. The molecule has 0 radical (unpaired) electrons. The van der Waals surface area contributed by atoms with Crippen LogP contribution in [0.2, 0.25) is 0 Å². The summed E-state index contributed by atoms with van der Waals surface area (Å²) in [6, 6.07) is 5.34. The fourth-order valence-corrected chi connectivity index (χ4v) is 3.30. The summed E-state index contributed by atoms with van der Waals surface area (Å²) in [5.41, 5.74) is 7.38. The van der Waals surface area contributed by atoms with E-state index in [9.17, 15) is 8.42 Å². The third-order valence-corrected chi connectivity index (χ3v) is 5.19. The molecule has 106 valence electrons. The summed E-state index contributed by atoms with van der Waals surface area (Å²) in [4.78, 5) is 2.36. The van der Waals surface area contributed by atoms with Crippen LogP contribution in [0.4, 0.5) is 11.4 Å². The van der Waals surface area contributed by atoms with Crippen LogP contribution >= 0.6 is 0 Å². The molecule has 0 aliphatic heterocycles. The van der Waals surface area contributed by atoms with E-state index in [2.05, 4.69) is 9.62 Å². The van der Waals surface area contributed by atoms with Crippen LogP contribution in [0.15, 0.2) is 23.1 Å². The van der Waals surface area contributed by atoms with Crippen LogP contribution in [0.25, 0.3) is 0 Å². The van der Waals surface area contributed by atoms with Gasteiger partial charge in [0, 0.05) is 19.6 Å². The van der Waals surface area contributed by atoms with Gasteiger partial charge in [-0.3, -0.25) is 0 Å². The second-order valence-electron chi connectivity index (χ2n) is 4.92. The first kappa shape index (κ1) is 14.1. The SMILES string of the molecule is CCNS(=O)(=O)c1ccc(N)c(N(C)C2CCC2)c1. The number of nitrogen functional groups attached to an aromatic ring is 1. The van der Waals surface area contributed by atoms with E-state index in [0.29, 0.717) is 18.3 Å². The maximum absolute atomic E-state index is 12.0. The number of hydrogen-bond donors (Lipinski definition) is 2. The number of sulfonamides is 1. The second-order valence-corrected chi connectivity index (χ2v) is 6.68. The number of nitrogens with one attached hydrogen (secondary N) is 1. The third kappa shape index (κ3) is 2.84. The highest BCUT2D eigenvalue weighted by atomic mass is 32.2. The van der Waals surface area contributed by atoms with Gasteiger partial charge in [0.05, 0.1) is 16.3 Å². The van der Waals surface area contributed by atoms with E-state index in [4.69, 9.17) is 5.73 Å². The molecule has 1 aliphatic rings. The summed E-state index contributed by atoms with van der Waals surface area (Å²) >= 11 is 0. The molecule has 1 aliphatic carbocycles. The summed E-state index contributed by atoms with van der Waals surface area (Å²) in [6.07, 6.45) is 3.50. The average molecular weight is 283 g/mol. The van der Waals surface area contributed by atoms with Gasteiger partial charge in [0.25, 0.3) is 0 Å². The van der Waals surface area contributed by atoms with Crippen LogP contribution in [0.5, 0.6) is 0 Å². The number of nitrogens with zero attached hydrogens (tertiary/aromatic N) is 1. The molecular weight excluding hydrogens is 262 g/mol. The minimum absolute atomic E-state index is 0.268. The quantitative estimate of drug-likeness (QED) is 0.804. The Morgan fingerprint density at radius 3 is 2.63 bits per heavy atom. The van der Waals surface area contributed by atoms with Gasteiger partial charge in [-0.15, -0.1) is 0 Å². The van der Waals surface area contributed by atoms with Crippen molar-refractivity contribution in [2.24, 2.45) is 0 Å². The van der Waals surface area contributed by atoms with Gasteiger partial charge < -0.3 is 10.6 Å². The minimum Gasteiger partial charge on any atom is -0.397 e. The lowest BCUT2D eigenvalue weighted by molar-refractivity contribution is 0.401. The molecule has 1 aromatic rings. The number of rotatable bonds is 5. The van der Waals surface area contributed by atoms with Gasteiger partial charge in [0.2, 0.25) is 10.0 Å². The molecule has 19 heavy (non-hydrogen) atoms. The first-order valence-electron chi connectivity index (χ1n) is 6.57. The highest BCUT2D eigenvalue weighted by molar-refractivity contribution is 7.89. The van der Waals surface area contributed by atoms with Gasteiger partial charge in [-0.1, -0.05) is 6.92 Å². The maximum Gasteiger partial charge on any atom is 0.240 e. The standard InChI is InChI=1S/C13H21N3O2S/c1-3-15-19(17,18)11-7-8-12(14)13(9-11)16(2)10-5-4-6-10/h7-10,15H,3-6,14H2,1-2H3. The Hall–Kier alpha value is -1.27. The molecule has 3 N–H and O–H groups in total. The van der Waals surface area contributed by atoms with Crippen molar-refractivity contribution in [1.29, 1.82) is 0 Å². The molecule has 2 rings (SSSR count). The second kappa shape index (κ2) is 5.38. The number of benzene rings is 1. The zero-order chi connectivity index (χ0) is 14.0. The molecule has 0 heterocycles.